The molecule has 10 atom stereocenters. The van der Waals surface area contributed by atoms with E-state index in [4.69, 9.17) is 0 Å². The highest BCUT2D eigenvalue weighted by Gasteiger charge is 2.53. The van der Waals surface area contributed by atoms with Crippen LogP contribution in [0.15, 0.2) is 75.9 Å². The van der Waals surface area contributed by atoms with E-state index in [0.29, 0.717) is 24.3 Å². The number of carbonyl (C=O) groups excluding carboxylic acids is 6. The summed E-state index contributed by atoms with van der Waals surface area (Å²) in [6.45, 7) is 28.0. The van der Waals surface area contributed by atoms with Gasteiger partial charge in [-0.15, -0.1) is 0 Å². The van der Waals surface area contributed by atoms with E-state index in [9.17, 15) is 107 Å². The van der Waals surface area contributed by atoms with E-state index < -0.39 is 225 Å². The van der Waals surface area contributed by atoms with Gasteiger partial charge < -0.3 is 31.9 Å². The summed E-state index contributed by atoms with van der Waals surface area (Å²) in [4.78, 5) is 76.8. The number of carbonyl (C=O) groups is 6. The first-order valence-corrected chi connectivity index (χ1v) is 34.0. The lowest BCUT2D eigenvalue weighted by Gasteiger charge is -2.43. The molecule has 36 heteroatoms. The number of amides is 6. The van der Waals surface area contributed by atoms with Crippen molar-refractivity contribution >= 4 is 96.2 Å². The third-order valence-electron chi connectivity index (χ3n) is 14.6. The Hall–Kier alpha value is -5.28. The normalized spacial score (nSPS) is 17.9. The number of nitrogens with one attached hydrogen (secondary N) is 6. The minimum atomic E-state index is -5.73. The molecule has 0 spiro atoms. The van der Waals surface area contributed by atoms with Crippen LogP contribution < -0.4 is 31.9 Å². The minimum absolute atomic E-state index is 0.570. The third-order valence-corrected chi connectivity index (χ3v) is 23.6. The molecule has 0 radical (unpaired) electrons. The van der Waals surface area contributed by atoms with Gasteiger partial charge in [-0.3, -0.25) is 56.1 Å². The topological polar surface area (TPSA) is 501 Å². The summed E-state index contributed by atoms with van der Waals surface area (Å²) in [6, 6.07) is 0. The second-order valence-corrected chi connectivity index (χ2v) is 31.6. The van der Waals surface area contributed by atoms with Crippen molar-refractivity contribution in [3.05, 3.63) is 75.9 Å². The highest BCUT2D eigenvalue weighted by molar-refractivity contribution is 7.88. The van der Waals surface area contributed by atoms with Crippen LogP contribution in [0.1, 0.15) is 120 Å². The number of rotatable bonds is 39. The Balaban J connectivity index is 8.27. The van der Waals surface area contributed by atoms with Crippen LogP contribution in [0.4, 0.5) is 0 Å². The smallest absolute Gasteiger partial charge is 0.270 e. The Labute approximate surface area is 492 Å². The molecule has 0 aromatic carbocycles. The van der Waals surface area contributed by atoms with Crippen molar-refractivity contribution in [2.75, 3.05) is 0 Å². The Morgan fingerprint density at radius 2 is 0.440 bits per heavy atom. The predicted octanol–water partition coefficient (Wildman–Crippen LogP) is 0.831. The highest BCUT2D eigenvalue weighted by Crippen LogP contribution is 2.39. The van der Waals surface area contributed by atoms with E-state index in [1.165, 1.54) is 0 Å². The van der Waals surface area contributed by atoms with Gasteiger partial charge in [-0.05, 0) is 156 Å². The molecular formula is C48H80N6O24S6. The molecule has 6 amide bonds. The van der Waals surface area contributed by atoms with E-state index in [1.54, 1.807) is 0 Å². The lowest BCUT2D eigenvalue weighted by molar-refractivity contribution is -0.119. The van der Waals surface area contributed by atoms with Crippen LogP contribution in [0.5, 0.6) is 0 Å². The fraction of sp³-hybridized carbons (Fsp3) is 0.625. The quantitative estimate of drug-likeness (QED) is 0.0299. The SMILES string of the molecule is C=CC(=O)NC(C)(C)C(CCC(C)(NC(=O)C=C)C(CCC(C)(NC(=O)C=C)C(CCC(C(C)(CCC(C(C)(CCC(C(C)(C)NC(=O)C=C)S(=O)(=O)O)NC(=O)C=C)S(=O)(=O)O)NC(=O)C=C)S(=O)(=O)O)S(=O)(=O)O)S(=O)(=O)O)S(=O)(=O)O. The van der Waals surface area contributed by atoms with Crippen LogP contribution in [-0.2, 0) is 89.5 Å². The van der Waals surface area contributed by atoms with Gasteiger partial charge in [0.25, 0.3) is 60.7 Å². The predicted molar refractivity (Wildman–Crippen MR) is 310 cm³/mol. The molecule has 0 aromatic heterocycles. The molecule has 0 fully saturated rings. The lowest BCUT2D eigenvalue weighted by Crippen LogP contribution is -2.62. The summed E-state index contributed by atoms with van der Waals surface area (Å²) in [5, 5.41) is -0.297. The van der Waals surface area contributed by atoms with Gasteiger partial charge in [-0.2, -0.15) is 50.5 Å². The Bertz CT molecular complexity index is 3030. The van der Waals surface area contributed by atoms with Crippen molar-refractivity contribution in [3.8, 4) is 0 Å². The van der Waals surface area contributed by atoms with Gasteiger partial charge in [0.1, 0.15) is 31.5 Å². The van der Waals surface area contributed by atoms with Crippen molar-refractivity contribution in [3.63, 3.8) is 0 Å². The van der Waals surface area contributed by atoms with Crippen LogP contribution in [-0.4, -0.2) is 178 Å². The summed E-state index contributed by atoms with van der Waals surface area (Å²) in [5.74, 6) is -6.63. The van der Waals surface area contributed by atoms with Crippen LogP contribution >= 0.6 is 0 Å². The van der Waals surface area contributed by atoms with Crippen molar-refractivity contribution in [2.24, 2.45) is 0 Å². The zero-order chi connectivity index (χ0) is 66.5. The summed E-state index contributed by atoms with van der Waals surface area (Å²) in [7, 11) is -33.0. The second-order valence-electron chi connectivity index (χ2n) is 22.0. The Kier molecular flexibility index (Phi) is 27.6. The van der Waals surface area contributed by atoms with E-state index in [2.05, 4.69) is 71.4 Å². The maximum Gasteiger partial charge on any atom is 0.270 e. The first kappa shape index (κ1) is 78.7. The van der Waals surface area contributed by atoms with Gasteiger partial charge >= 0.3 is 0 Å². The van der Waals surface area contributed by atoms with Crippen molar-refractivity contribution in [1.82, 2.24) is 31.9 Å². The molecule has 10 unspecified atom stereocenters. The van der Waals surface area contributed by atoms with Crippen molar-refractivity contribution < 1.29 is 107 Å². The third kappa shape index (κ3) is 23.2. The van der Waals surface area contributed by atoms with Crippen LogP contribution in [0.25, 0.3) is 0 Å². The second kappa shape index (κ2) is 29.4. The summed E-state index contributed by atoms with van der Waals surface area (Å²) >= 11 is 0. The molecule has 0 saturated heterocycles. The molecule has 0 aliphatic rings. The minimum Gasteiger partial charge on any atom is -0.346 e. The summed E-state index contributed by atoms with van der Waals surface area (Å²) in [6.07, 6.45) is -6.09. The Morgan fingerprint density at radius 1 is 0.298 bits per heavy atom. The molecule has 84 heavy (non-hydrogen) atoms. The first-order valence-electron chi connectivity index (χ1n) is 25.0. The monoisotopic (exact) mass is 1320 g/mol. The molecule has 0 heterocycles. The molecule has 0 aromatic rings. The van der Waals surface area contributed by atoms with Gasteiger partial charge in [-0.1, -0.05) is 39.5 Å². The van der Waals surface area contributed by atoms with E-state index >= 15 is 0 Å². The van der Waals surface area contributed by atoms with Gasteiger partial charge in [-0.25, -0.2) is 0 Å². The van der Waals surface area contributed by atoms with Crippen LogP contribution in [0, 0.1) is 0 Å². The van der Waals surface area contributed by atoms with E-state index in [-0.39, 0.29) is 0 Å². The largest absolute Gasteiger partial charge is 0.346 e. The molecule has 482 valence electrons. The molecule has 0 aliphatic carbocycles. The first-order chi connectivity index (χ1) is 37.6. The fourth-order valence-electron chi connectivity index (χ4n) is 10.4. The van der Waals surface area contributed by atoms with Crippen molar-refractivity contribution in [1.29, 1.82) is 0 Å². The zero-order valence-electron chi connectivity index (χ0n) is 47.7. The van der Waals surface area contributed by atoms with Gasteiger partial charge in [0, 0.05) is 0 Å². The average Bonchev–Trinajstić information content (AvgIpc) is 3.29. The molecule has 0 rings (SSSR count). The summed E-state index contributed by atoms with van der Waals surface area (Å²) in [5.41, 5.74) is -13.7. The van der Waals surface area contributed by atoms with Crippen molar-refractivity contribution in [2.45, 2.75) is 184 Å². The van der Waals surface area contributed by atoms with Gasteiger partial charge in [0.15, 0.2) is 0 Å². The fourth-order valence-corrected chi connectivity index (χ4v) is 17.9. The molecule has 0 saturated carbocycles. The number of hydrogen-bond acceptors (Lipinski definition) is 18. The number of hydrogen-bond donors (Lipinski definition) is 12. The van der Waals surface area contributed by atoms with Gasteiger partial charge in [0.05, 0.1) is 33.2 Å². The Morgan fingerprint density at radius 3 is 0.595 bits per heavy atom. The van der Waals surface area contributed by atoms with Crippen LogP contribution in [0.2, 0.25) is 0 Å². The maximum atomic E-state index is 13.6. The molecule has 0 bridgehead atoms. The molecule has 30 nitrogen and oxygen atoms in total. The molecule has 0 aliphatic heterocycles. The maximum absolute atomic E-state index is 13.6. The lowest BCUT2D eigenvalue weighted by atomic mass is 9.80. The molecular weight excluding hydrogens is 1240 g/mol. The van der Waals surface area contributed by atoms with E-state index in [0.717, 1.165) is 67.5 Å². The molecule has 12 N–H and O–H groups in total. The van der Waals surface area contributed by atoms with Gasteiger partial charge in [0.2, 0.25) is 35.4 Å². The van der Waals surface area contributed by atoms with Crippen LogP contribution in [0.3, 0.4) is 0 Å². The average molecular weight is 1320 g/mol. The van der Waals surface area contributed by atoms with E-state index in [1.807, 2.05) is 0 Å². The zero-order valence-corrected chi connectivity index (χ0v) is 52.6. The highest BCUT2D eigenvalue weighted by atomic mass is 32.2. The standard InChI is InChI=1S/C48H80N6O24S6/c1-15-37(55)49-43(7,8)31(79(61,62)63)23-27-47(13,53-41(59)19-5)35(83(73,74)75)25-29-45(11,51-39(57)17-3)33(81(67,68)69)21-22-34(82(70,71)72)46(12,52-40(58)18-4)30-26-36(84(76,77)78)48(14,54-42(60)20-6)28-24-32(80(64,65)66)44(9,10)50-38(56)16-2/h15-20,31-36H,1-6,21-30H2,7-14H3,(H,49,55)(H,50,56)(H,51,57)(H,52,58)(H,53,59)(H,54,60)(H,61,62,63)(H,64,65,66)(H,67,68,69)(H,70,71,72)(H,73,74,75)(H,76,77,78). The summed E-state index contributed by atoms with van der Waals surface area (Å²) < 4.78 is 224.